The molecule has 1 aromatic rings. The highest BCUT2D eigenvalue weighted by Gasteiger charge is 2.12. The number of nitrogens with one attached hydrogen (secondary N) is 1. The fraction of sp³-hybridized carbons (Fsp3) is 0.667. The van der Waals surface area contributed by atoms with Crippen molar-refractivity contribution >= 4 is 23.0 Å². The molecule has 5 nitrogen and oxygen atoms in total. The Balaban J connectivity index is 1.35. The molecule has 150 valence electrons. The van der Waals surface area contributed by atoms with E-state index in [1.807, 2.05) is 0 Å². The summed E-state index contributed by atoms with van der Waals surface area (Å²) < 4.78 is 5.39. The summed E-state index contributed by atoms with van der Waals surface area (Å²) in [5.41, 5.74) is 2.65. The van der Waals surface area contributed by atoms with Crippen molar-refractivity contribution in [3.8, 4) is 0 Å². The van der Waals surface area contributed by atoms with Crippen LogP contribution in [-0.4, -0.2) is 74.4 Å². The highest BCUT2D eigenvalue weighted by molar-refractivity contribution is 7.80. The molecule has 2 aliphatic heterocycles. The lowest BCUT2D eigenvalue weighted by Crippen LogP contribution is -2.40. The molecule has 0 saturated carbocycles. The fourth-order valence-electron chi connectivity index (χ4n) is 3.77. The van der Waals surface area contributed by atoms with Crippen molar-refractivity contribution in [3.05, 3.63) is 29.8 Å². The molecule has 6 heteroatoms. The van der Waals surface area contributed by atoms with Gasteiger partial charge in [-0.05, 0) is 62.1 Å². The largest absolute Gasteiger partial charge is 0.379 e. The zero-order valence-corrected chi connectivity index (χ0v) is 17.5. The number of anilines is 1. The molecule has 0 unspecified atom stereocenters. The van der Waals surface area contributed by atoms with Gasteiger partial charge in [-0.25, -0.2) is 0 Å². The zero-order valence-electron chi connectivity index (χ0n) is 16.7. The quantitative estimate of drug-likeness (QED) is 0.569. The molecule has 1 aromatic carbocycles. The van der Waals surface area contributed by atoms with Gasteiger partial charge in [-0.2, -0.15) is 0 Å². The van der Waals surface area contributed by atoms with E-state index in [1.165, 1.54) is 43.6 Å². The summed E-state index contributed by atoms with van der Waals surface area (Å²) >= 11 is 5.55. The van der Waals surface area contributed by atoms with E-state index in [4.69, 9.17) is 17.0 Å². The number of benzene rings is 1. The van der Waals surface area contributed by atoms with Gasteiger partial charge in [0, 0.05) is 52.0 Å². The van der Waals surface area contributed by atoms with Crippen molar-refractivity contribution in [2.24, 2.45) is 0 Å². The molecular weight excluding hydrogens is 356 g/mol. The van der Waals surface area contributed by atoms with Gasteiger partial charge in [0.25, 0.3) is 0 Å². The number of rotatable bonds is 7. The maximum atomic E-state index is 5.55. The second-order valence-corrected chi connectivity index (χ2v) is 8.00. The molecule has 0 radical (unpaired) electrons. The van der Waals surface area contributed by atoms with Crippen molar-refractivity contribution < 1.29 is 4.74 Å². The van der Waals surface area contributed by atoms with Crippen LogP contribution in [0.2, 0.25) is 0 Å². The lowest BCUT2D eigenvalue weighted by Gasteiger charge is -2.29. The van der Waals surface area contributed by atoms with Crippen LogP contribution in [-0.2, 0) is 11.3 Å². The summed E-state index contributed by atoms with van der Waals surface area (Å²) in [5, 5.41) is 4.23. The smallest absolute Gasteiger partial charge is 0.168 e. The van der Waals surface area contributed by atoms with E-state index in [1.54, 1.807) is 0 Å². The summed E-state index contributed by atoms with van der Waals surface area (Å²) in [6, 6.07) is 8.99. The summed E-state index contributed by atoms with van der Waals surface area (Å²) in [6.45, 7) is 9.10. The first kappa shape index (κ1) is 20.4. The molecule has 1 N–H and O–H groups in total. The first-order valence-electron chi connectivity index (χ1n) is 10.4. The van der Waals surface area contributed by atoms with Crippen molar-refractivity contribution in [2.45, 2.75) is 32.2 Å². The third-order valence-electron chi connectivity index (χ3n) is 5.46. The number of nitrogens with zero attached hydrogens (tertiary/aromatic N) is 3. The van der Waals surface area contributed by atoms with E-state index in [9.17, 15) is 0 Å². The zero-order chi connectivity index (χ0) is 18.9. The molecule has 0 spiro atoms. The Labute approximate surface area is 169 Å². The van der Waals surface area contributed by atoms with Gasteiger partial charge in [0.15, 0.2) is 5.11 Å². The Morgan fingerprint density at radius 2 is 1.78 bits per heavy atom. The Morgan fingerprint density at radius 1 is 1.07 bits per heavy atom. The standard InChI is InChI=1S/C21H34N4OS/c1-23(21(27)22-10-5-11-24-14-16-26-17-15-24)18-19-6-8-20(9-7-19)25-12-3-2-4-13-25/h6-9H,2-5,10-18H2,1H3,(H,22,27). The summed E-state index contributed by atoms with van der Waals surface area (Å²) in [4.78, 5) is 7.08. The topological polar surface area (TPSA) is 31.0 Å². The van der Waals surface area contributed by atoms with E-state index in [2.05, 4.69) is 51.3 Å². The van der Waals surface area contributed by atoms with Crippen molar-refractivity contribution in [2.75, 3.05) is 64.4 Å². The number of hydrogen-bond donors (Lipinski definition) is 1. The molecule has 0 aliphatic carbocycles. The highest BCUT2D eigenvalue weighted by atomic mass is 32.1. The highest BCUT2D eigenvalue weighted by Crippen LogP contribution is 2.20. The van der Waals surface area contributed by atoms with Crippen LogP contribution in [0, 0.1) is 0 Å². The Hall–Kier alpha value is -1.37. The third-order valence-corrected chi connectivity index (χ3v) is 5.91. The number of morpholine rings is 1. The van der Waals surface area contributed by atoms with E-state index in [0.29, 0.717) is 0 Å². The van der Waals surface area contributed by atoms with Crippen LogP contribution < -0.4 is 10.2 Å². The molecular formula is C21H34N4OS. The average Bonchev–Trinajstić information content (AvgIpc) is 2.73. The molecule has 2 aliphatic rings. The van der Waals surface area contributed by atoms with Gasteiger partial charge in [0.05, 0.1) is 13.2 Å². The molecule has 2 saturated heterocycles. The van der Waals surface area contributed by atoms with E-state index in [-0.39, 0.29) is 0 Å². The molecule has 0 atom stereocenters. The molecule has 2 heterocycles. The lowest BCUT2D eigenvalue weighted by atomic mass is 10.1. The van der Waals surface area contributed by atoms with Gasteiger partial charge >= 0.3 is 0 Å². The fourth-order valence-corrected chi connectivity index (χ4v) is 3.93. The molecule has 2 fully saturated rings. The Bertz CT molecular complexity index is 568. The van der Waals surface area contributed by atoms with E-state index < -0.39 is 0 Å². The molecule has 0 aromatic heterocycles. The van der Waals surface area contributed by atoms with Crippen LogP contribution in [0.25, 0.3) is 0 Å². The van der Waals surface area contributed by atoms with Crippen LogP contribution in [0.1, 0.15) is 31.2 Å². The van der Waals surface area contributed by atoms with Gasteiger partial charge in [-0.3, -0.25) is 4.90 Å². The van der Waals surface area contributed by atoms with E-state index >= 15 is 0 Å². The van der Waals surface area contributed by atoms with Crippen molar-refractivity contribution in [1.82, 2.24) is 15.1 Å². The monoisotopic (exact) mass is 390 g/mol. The second-order valence-electron chi connectivity index (χ2n) is 7.61. The predicted octanol–water partition coefficient (Wildman–Crippen LogP) is 2.71. The van der Waals surface area contributed by atoms with Crippen LogP contribution in [0.3, 0.4) is 0 Å². The molecule has 0 amide bonds. The van der Waals surface area contributed by atoms with Crippen LogP contribution in [0.5, 0.6) is 0 Å². The first-order chi connectivity index (χ1) is 13.2. The minimum Gasteiger partial charge on any atom is -0.379 e. The summed E-state index contributed by atoms with van der Waals surface area (Å²) in [6.07, 6.45) is 5.11. The van der Waals surface area contributed by atoms with Crippen LogP contribution in [0.4, 0.5) is 5.69 Å². The Morgan fingerprint density at radius 3 is 2.48 bits per heavy atom. The van der Waals surface area contributed by atoms with E-state index in [0.717, 1.165) is 57.5 Å². The average molecular weight is 391 g/mol. The van der Waals surface area contributed by atoms with Gasteiger partial charge in [0.1, 0.15) is 0 Å². The normalized spacial score (nSPS) is 18.3. The van der Waals surface area contributed by atoms with Crippen LogP contribution >= 0.6 is 12.2 Å². The number of thiocarbonyl (C=S) groups is 1. The van der Waals surface area contributed by atoms with Gasteiger partial charge in [-0.15, -0.1) is 0 Å². The molecule has 0 bridgehead atoms. The van der Waals surface area contributed by atoms with Gasteiger partial charge in [-0.1, -0.05) is 12.1 Å². The molecule has 3 rings (SSSR count). The number of piperidine rings is 1. The first-order valence-corrected chi connectivity index (χ1v) is 10.8. The SMILES string of the molecule is CN(Cc1ccc(N2CCCCC2)cc1)C(=S)NCCCN1CCOCC1. The lowest BCUT2D eigenvalue weighted by molar-refractivity contribution is 0.0376. The third kappa shape index (κ3) is 6.63. The number of ether oxygens (including phenoxy) is 1. The molecule has 27 heavy (non-hydrogen) atoms. The minimum atomic E-state index is 0.831. The second kappa shape index (κ2) is 10.8. The van der Waals surface area contributed by atoms with Crippen LogP contribution in [0.15, 0.2) is 24.3 Å². The Kier molecular flexibility index (Phi) is 8.17. The minimum absolute atomic E-state index is 0.831. The van der Waals surface area contributed by atoms with Crippen molar-refractivity contribution in [1.29, 1.82) is 0 Å². The maximum Gasteiger partial charge on any atom is 0.168 e. The maximum absolute atomic E-state index is 5.55. The van der Waals surface area contributed by atoms with Crippen molar-refractivity contribution in [3.63, 3.8) is 0 Å². The summed E-state index contributed by atoms with van der Waals surface area (Å²) in [5.74, 6) is 0. The summed E-state index contributed by atoms with van der Waals surface area (Å²) in [7, 11) is 2.07. The number of hydrogen-bond acceptors (Lipinski definition) is 4. The van der Waals surface area contributed by atoms with Gasteiger partial charge < -0.3 is 19.9 Å². The predicted molar refractivity (Wildman–Crippen MR) is 116 cm³/mol. The van der Waals surface area contributed by atoms with Gasteiger partial charge in [0.2, 0.25) is 0 Å².